The van der Waals surface area contributed by atoms with Crippen LogP contribution in [-0.2, 0) is 4.74 Å². The third-order valence-corrected chi connectivity index (χ3v) is 3.53. The van der Waals surface area contributed by atoms with E-state index in [4.69, 9.17) is 4.74 Å². The van der Waals surface area contributed by atoms with Gasteiger partial charge in [-0.25, -0.2) is 4.79 Å². The molecule has 0 unspecified atom stereocenters. The van der Waals surface area contributed by atoms with Crippen molar-refractivity contribution in [1.29, 1.82) is 0 Å². The van der Waals surface area contributed by atoms with Crippen molar-refractivity contribution in [2.24, 2.45) is 0 Å². The van der Waals surface area contributed by atoms with Crippen LogP contribution in [0.5, 0.6) is 0 Å². The third kappa shape index (κ3) is 7.77. The van der Waals surface area contributed by atoms with E-state index in [1.165, 1.54) is 0 Å². The molecule has 2 N–H and O–H groups in total. The van der Waals surface area contributed by atoms with Gasteiger partial charge in [0.1, 0.15) is 11.8 Å². The van der Waals surface area contributed by atoms with Crippen LogP contribution < -0.4 is 5.32 Å². The minimum absolute atomic E-state index is 0.358. The lowest BCUT2D eigenvalue weighted by Crippen LogP contribution is -2.38. The molecule has 1 rings (SSSR count). The fourth-order valence-electron chi connectivity index (χ4n) is 2.44. The van der Waals surface area contributed by atoms with E-state index in [1.807, 2.05) is 25.7 Å². The van der Waals surface area contributed by atoms with Crippen molar-refractivity contribution >= 4 is 6.09 Å². The van der Waals surface area contributed by atoms with Gasteiger partial charge in [0.15, 0.2) is 0 Å². The number of aliphatic hydroxyl groups excluding tert-OH is 1. The molecule has 6 heteroatoms. The molecule has 0 radical (unpaired) electrons. The molecule has 1 aliphatic heterocycles. The average Bonchev–Trinajstić information content (AvgIpc) is 2.66. The molecule has 1 aliphatic rings. The lowest BCUT2D eigenvalue weighted by Gasteiger charge is -2.24. The second kappa shape index (κ2) is 9.12. The van der Waals surface area contributed by atoms with E-state index >= 15 is 0 Å². The minimum atomic E-state index is -0.547. The van der Waals surface area contributed by atoms with Gasteiger partial charge in [0, 0.05) is 26.2 Å². The number of hydrogen-bond acceptors (Lipinski definition) is 5. The number of rotatable bonds is 6. The van der Waals surface area contributed by atoms with E-state index in [2.05, 4.69) is 16.8 Å². The van der Waals surface area contributed by atoms with Crippen LogP contribution in [0.2, 0.25) is 0 Å². The number of hydrogen-bond donors (Lipinski definition) is 2. The molecule has 0 aromatic heterocycles. The summed E-state index contributed by atoms with van der Waals surface area (Å²) in [5, 5.41) is 12.6. The molecule has 0 aromatic rings. The van der Waals surface area contributed by atoms with E-state index in [9.17, 15) is 9.90 Å². The Morgan fingerprint density at radius 1 is 1.36 bits per heavy atom. The van der Waals surface area contributed by atoms with Crippen LogP contribution in [-0.4, -0.2) is 72.1 Å². The molecule has 6 nitrogen and oxygen atoms in total. The van der Waals surface area contributed by atoms with Crippen LogP contribution >= 0.6 is 0 Å². The largest absolute Gasteiger partial charge is 0.444 e. The van der Waals surface area contributed by atoms with E-state index in [0.29, 0.717) is 6.54 Å². The van der Waals surface area contributed by atoms with Crippen molar-refractivity contribution in [3.63, 3.8) is 0 Å². The first-order valence-corrected chi connectivity index (χ1v) is 8.06. The number of carbonyl (C=O) groups is 1. The molecule has 1 fully saturated rings. The number of alkyl carbamates (subject to hydrolysis) is 1. The van der Waals surface area contributed by atoms with E-state index in [0.717, 1.165) is 45.6 Å². The number of ether oxygens (including phenoxy) is 1. The molecule has 0 saturated carbocycles. The lowest BCUT2D eigenvalue weighted by atomic mass is 10.2. The van der Waals surface area contributed by atoms with Crippen molar-refractivity contribution in [3.05, 3.63) is 12.7 Å². The first-order chi connectivity index (χ1) is 10.3. The zero-order valence-electron chi connectivity index (χ0n) is 14.2. The summed E-state index contributed by atoms with van der Waals surface area (Å²) >= 11 is 0. The van der Waals surface area contributed by atoms with Gasteiger partial charge in [0.25, 0.3) is 0 Å². The second-order valence-electron chi connectivity index (χ2n) is 6.66. The Morgan fingerprint density at radius 2 is 2.09 bits per heavy atom. The predicted molar refractivity (Wildman–Crippen MR) is 87.7 cm³/mol. The third-order valence-electron chi connectivity index (χ3n) is 3.53. The van der Waals surface area contributed by atoms with E-state index in [-0.39, 0.29) is 6.09 Å². The Bertz CT molecular complexity index is 355. The average molecular weight is 313 g/mol. The number of aliphatic hydroxyl groups is 1. The summed E-state index contributed by atoms with van der Waals surface area (Å²) in [5.74, 6) is 0. The molecule has 1 amide bonds. The maximum Gasteiger partial charge on any atom is 0.407 e. The van der Waals surface area contributed by atoms with Crippen LogP contribution in [0.3, 0.4) is 0 Å². The highest BCUT2D eigenvalue weighted by Gasteiger charge is 2.18. The molecule has 0 bridgehead atoms. The first-order valence-electron chi connectivity index (χ1n) is 8.06. The van der Waals surface area contributed by atoms with Gasteiger partial charge < -0.3 is 20.1 Å². The molecule has 1 atom stereocenters. The van der Waals surface area contributed by atoms with Gasteiger partial charge in [-0.1, -0.05) is 6.58 Å². The molecule has 0 aromatic carbocycles. The smallest absolute Gasteiger partial charge is 0.407 e. The van der Waals surface area contributed by atoms with Gasteiger partial charge in [-0.3, -0.25) is 4.90 Å². The molecular weight excluding hydrogens is 282 g/mol. The molecule has 0 spiro atoms. The van der Waals surface area contributed by atoms with Crippen LogP contribution in [0.4, 0.5) is 4.79 Å². The van der Waals surface area contributed by atoms with Crippen LogP contribution in [0.15, 0.2) is 12.7 Å². The Labute approximate surface area is 134 Å². The summed E-state index contributed by atoms with van der Waals surface area (Å²) < 4.78 is 5.20. The van der Waals surface area contributed by atoms with Gasteiger partial charge in [0.2, 0.25) is 0 Å². The van der Waals surface area contributed by atoms with E-state index < -0.39 is 11.8 Å². The van der Waals surface area contributed by atoms with Gasteiger partial charge in [-0.2, -0.15) is 0 Å². The summed E-state index contributed by atoms with van der Waals surface area (Å²) in [6, 6.07) is 0. The maximum absolute atomic E-state index is 11.5. The topological polar surface area (TPSA) is 65.0 Å². The van der Waals surface area contributed by atoms with Gasteiger partial charge in [-0.15, -0.1) is 0 Å². The number of nitrogens with one attached hydrogen (secondary N) is 1. The molecule has 128 valence electrons. The summed E-state index contributed by atoms with van der Waals surface area (Å²) in [6.45, 7) is 14.4. The summed E-state index contributed by atoms with van der Waals surface area (Å²) in [4.78, 5) is 15.9. The maximum atomic E-state index is 11.5. The zero-order chi connectivity index (χ0) is 16.6. The molecule has 1 saturated heterocycles. The Hall–Kier alpha value is -1.11. The molecular formula is C16H31N3O3. The highest BCUT2D eigenvalue weighted by atomic mass is 16.6. The molecule has 22 heavy (non-hydrogen) atoms. The summed E-state index contributed by atoms with van der Waals surface area (Å²) in [7, 11) is 0. The Kier molecular flexibility index (Phi) is 7.85. The number of amides is 1. The molecule has 0 aliphatic carbocycles. The number of nitrogens with zero attached hydrogens (tertiary/aromatic N) is 2. The van der Waals surface area contributed by atoms with Gasteiger partial charge >= 0.3 is 6.09 Å². The van der Waals surface area contributed by atoms with Crippen molar-refractivity contribution in [3.8, 4) is 0 Å². The quantitative estimate of drug-likeness (QED) is 0.573. The zero-order valence-corrected chi connectivity index (χ0v) is 14.2. The fraction of sp³-hybridized carbons (Fsp3) is 0.812. The molecule has 1 heterocycles. The van der Waals surface area contributed by atoms with Crippen LogP contribution in [0.25, 0.3) is 0 Å². The minimum Gasteiger partial charge on any atom is -0.444 e. The number of carbonyl (C=O) groups excluding carboxylic acids is 1. The standard InChI is InChI=1S/C16H31N3O3/c1-5-14(20)19-11-7-10-18(12-13-19)9-6-8-17-15(21)22-16(2,3)4/h5,14,20H,1,6-13H2,2-4H3,(H,17,21)/t14-/m1/s1. The van der Waals surface area contributed by atoms with Crippen molar-refractivity contribution in [1.82, 2.24) is 15.1 Å². The van der Waals surface area contributed by atoms with Gasteiger partial charge in [0.05, 0.1) is 0 Å². The normalized spacial score (nSPS) is 19.3. The van der Waals surface area contributed by atoms with Crippen molar-refractivity contribution in [2.45, 2.75) is 45.4 Å². The van der Waals surface area contributed by atoms with E-state index in [1.54, 1.807) is 6.08 Å². The summed E-state index contributed by atoms with van der Waals surface area (Å²) in [5.41, 5.74) is -0.454. The fourth-order valence-corrected chi connectivity index (χ4v) is 2.44. The van der Waals surface area contributed by atoms with Crippen molar-refractivity contribution in [2.75, 3.05) is 39.3 Å². The SMILES string of the molecule is C=C[C@@H](O)N1CCCN(CCCNC(=O)OC(C)(C)C)CC1. The summed E-state index contributed by atoms with van der Waals surface area (Å²) in [6.07, 6.45) is 2.59. The monoisotopic (exact) mass is 313 g/mol. The highest BCUT2D eigenvalue weighted by molar-refractivity contribution is 5.67. The second-order valence-corrected chi connectivity index (χ2v) is 6.66. The van der Waals surface area contributed by atoms with Gasteiger partial charge in [-0.05, 0) is 52.8 Å². The van der Waals surface area contributed by atoms with Crippen molar-refractivity contribution < 1.29 is 14.6 Å². The Balaban J connectivity index is 2.18. The Morgan fingerprint density at radius 3 is 2.73 bits per heavy atom. The predicted octanol–water partition coefficient (Wildman–Crippen LogP) is 1.41. The highest BCUT2D eigenvalue weighted by Crippen LogP contribution is 2.08. The van der Waals surface area contributed by atoms with Crippen LogP contribution in [0, 0.1) is 0 Å². The van der Waals surface area contributed by atoms with Crippen LogP contribution in [0.1, 0.15) is 33.6 Å². The first kappa shape index (κ1) is 18.9. The lowest BCUT2D eigenvalue weighted by molar-refractivity contribution is 0.0448.